The highest BCUT2D eigenvalue weighted by Gasteiger charge is 2.45. The van der Waals surface area contributed by atoms with Crippen molar-refractivity contribution < 1.29 is 13.5 Å². The van der Waals surface area contributed by atoms with Crippen LogP contribution in [0.2, 0.25) is 0 Å². The Bertz CT molecular complexity index is 396. The molecule has 7 heteroatoms. The molecule has 1 saturated carbocycles. The molecule has 2 N–H and O–H groups in total. The Labute approximate surface area is 115 Å². The molecule has 1 atom stereocenters. The lowest BCUT2D eigenvalue weighted by atomic mass is 9.93. The maximum absolute atomic E-state index is 11.5. The molecular weight excluding hydrogens is 266 g/mol. The third-order valence-corrected chi connectivity index (χ3v) is 5.75. The highest BCUT2D eigenvalue weighted by molar-refractivity contribution is 7.88. The van der Waals surface area contributed by atoms with Gasteiger partial charge in [0.05, 0.1) is 18.4 Å². The van der Waals surface area contributed by atoms with Crippen LogP contribution in [0.1, 0.15) is 12.8 Å². The molecule has 0 amide bonds. The van der Waals surface area contributed by atoms with E-state index in [1.165, 1.54) is 23.4 Å². The molecule has 0 spiro atoms. The molecule has 1 heterocycles. The number of nitrogens with one attached hydrogen (secondary N) is 1. The molecule has 1 unspecified atom stereocenters. The van der Waals surface area contributed by atoms with E-state index in [2.05, 4.69) is 10.2 Å². The number of hydrogen-bond acceptors (Lipinski definition) is 5. The Morgan fingerprint density at radius 2 is 1.84 bits per heavy atom. The second-order valence-corrected chi connectivity index (χ2v) is 7.76. The van der Waals surface area contributed by atoms with Crippen molar-refractivity contribution in [2.75, 3.05) is 52.6 Å². The average Bonchev–Trinajstić information content (AvgIpc) is 3.20. The topological polar surface area (TPSA) is 72.9 Å². The number of nitrogens with zero attached hydrogens (tertiary/aromatic N) is 2. The van der Waals surface area contributed by atoms with Crippen molar-refractivity contribution >= 4 is 10.0 Å². The van der Waals surface area contributed by atoms with Crippen LogP contribution in [-0.2, 0) is 10.0 Å². The van der Waals surface area contributed by atoms with E-state index in [1.807, 2.05) is 7.05 Å². The van der Waals surface area contributed by atoms with Crippen LogP contribution in [0.15, 0.2) is 0 Å². The Morgan fingerprint density at radius 3 is 2.21 bits per heavy atom. The van der Waals surface area contributed by atoms with Crippen LogP contribution < -0.4 is 5.32 Å². The Kier molecular flexibility index (Phi) is 4.52. The summed E-state index contributed by atoms with van der Waals surface area (Å²) < 4.78 is 24.5. The van der Waals surface area contributed by atoms with Gasteiger partial charge in [-0.25, -0.2) is 8.42 Å². The molecule has 0 aromatic rings. The molecule has 0 aromatic carbocycles. The fraction of sp³-hybridized carbons (Fsp3) is 1.00. The highest BCUT2D eigenvalue weighted by atomic mass is 32.2. The molecule has 1 saturated heterocycles. The first-order valence-electron chi connectivity index (χ1n) is 6.88. The lowest BCUT2D eigenvalue weighted by molar-refractivity contribution is 0.0800. The van der Waals surface area contributed by atoms with E-state index in [0.717, 1.165) is 19.6 Å². The van der Waals surface area contributed by atoms with Gasteiger partial charge in [-0.3, -0.25) is 4.90 Å². The van der Waals surface area contributed by atoms with Gasteiger partial charge in [-0.05, 0) is 25.8 Å². The van der Waals surface area contributed by atoms with Gasteiger partial charge in [0, 0.05) is 32.7 Å². The minimum atomic E-state index is -3.07. The predicted octanol–water partition coefficient (Wildman–Crippen LogP) is -1.08. The van der Waals surface area contributed by atoms with Crippen molar-refractivity contribution in [3.63, 3.8) is 0 Å². The number of sulfonamides is 1. The van der Waals surface area contributed by atoms with Crippen molar-refractivity contribution in [2.45, 2.75) is 18.4 Å². The summed E-state index contributed by atoms with van der Waals surface area (Å²) in [6, 6.07) is 0. The quantitative estimate of drug-likeness (QED) is 0.651. The standard InChI is InChI=1S/C12H25N3O3S/c1-13-12(10-16,11-3-4-11)9-14-5-7-15(8-6-14)19(2,17)18/h11,13,16H,3-10H2,1-2H3. The largest absolute Gasteiger partial charge is 0.394 e. The van der Waals surface area contributed by atoms with Gasteiger partial charge < -0.3 is 10.4 Å². The van der Waals surface area contributed by atoms with Crippen LogP contribution in [0.3, 0.4) is 0 Å². The van der Waals surface area contributed by atoms with Crippen LogP contribution in [0.5, 0.6) is 0 Å². The predicted molar refractivity (Wildman–Crippen MR) is 74.5 cm³/mol. The normalized spacial score (nSPS) is 26.3. The molecule has 2 rings (SSSR count). The first-order chi connectivity index (χ1) is 8.91. The number of aliphatic hydroxyl groups is 1. The molecular formula is C12H25N3O3S. The van der Waals surface area contributed by atoms with Gasteiger partial charge in [0.15, 0.2) is 0 Å². The maximum atomic E-state index is 11.5. The lowest BCUT2D eigenvalue weighted by Gasteiger charge is -2.40. The van der Waals surface area contributed by atoms with E-state index in [9.17, 15) is 13.5 Å². The summed E-state index contributed by atoms with van der Waals surface area (Å²) in [7, 11) is -1.16. The van der Waals surface area contributed by atoms with Gasteiger partial charge >= 0.3 is 0 Å². The van der Waals surface area contributed by atoms with Gasteiger partial charge in [0.1, 0.15) is 0 Å². The first-order valence-corrected chi connectivity index (χ1v) is 8.73. The fourth-order valence-corrected chi connectivity index (χ4v) is 3.75. The molecule has 0 bridgehead atoms. The molecule has 0 aromatic heterocycles. The zero-order chi connectivity index (χ0) is 14.1. The number of rotatable bonds is 6. The van der Waals surface area contributed by atoms with Crippen LogP contribution in [-0.4, -0.2) is 80.9 Å². The summed E-state index contributed by atoms with van der Waals surface area (Å²) in [5.41, 5.74) is -0.215. The van der Waals surface area contributed by atoms with Crippen LogP contribution in [0, 0.1) is 5.92 Å². The van der Waals surface area contributed by atoms with Crippen LogP contribution in [0.4, 0.5) is 0 Å². The summed E-state index contributed by atoms with van der Waals surface area (Å²) in [6.07, 6.45) is 3.61. The summed E-state index contributed by atoms with van der Waals surface area (Å²) in [5.74, 6) is 0.551. The molecule has 6 nitrogen and oxygen atoms in total. The zero-order valence-electron chi connectivity index (χ0n) is 11.8. The number of piperazine rings is 1. The smallest absolute Gasteiger partial charge is 0.211 e. The third kappa shape index (κ3) is 3.46. The lowest BCUT2D eigenvalue weighted by Crippen LogP contribution is -2.60. The third-order valence-electron chi connectivity index (χ3n) is 4.44. The molecule has 0 radical (unpaired) electrons. The highest BCUT2D eigenvalue weighted by Crippen LogP contribution is 2.39. The molecule has 1 aliphatic heterocycles. The van der Waals surface area contributed by atoms with Crippen molar-refractivity contribution in [3.8, 4) is 0 Å². The summed E-state index contributed by atoms with van der Waals surface area (Å²) in [6.45, 7) is 3.51. The number of likely N-dealkylation sites (N-methyl/N-ethyl adjacent to an activating group) is 1. The van der Waals surface area contributed by atoms with E-state index in [-0.39, 0.29) is 12.1 Å². The van der Waals surface area contributed by atoms with E-state index < -0.39 is 10.0 Å². The van der Waals surface area contributed by atoms with Gasteiger partial charge in [0.2, 0.25) is 10.0 Å². The van der Waals surface area contributed by atoms with E-state index in [0.29, 0.717) is 19.0 Å². The minimum Gasteiger partial charge on any atom is -0.394 e. The number of aliphatic hydroxyl groups excluding tert-OH is 1. The van der Waals surface area contributed by atoms with Crippen molar-refractivity contribution in [2.24, 2.45) is 5.92 Å². The average molecular weight is 291 g/mol. The Hall–Kier alpha value is -0.210. The van der Waals surface area contributed by atoms with Crippen molar-refractivity contribution in [1.82, 2.24) is 14.5 Å². The second kappa shape index (κ2) is 5.65. The van der Waals surface area contributed by atoms with Gasteiger partial charge in [-0.1, -0.05) is 0 Å². The summed E-state index contributed by atoms with van der Waals surface area (Å²) in [5, 5.41) is 13.0. The van der Waals surface area contributed by atoms with Crippen molar-refractivity contribution in [1.29, 1.82) is 0 Å². The van der Waals surface area contributed by atoms with E-state index >= 15 is 0 Å². The Balaban J connectivity index is 1.91. The second-order valence-electron chi connectivity index (χ2n) is 5.78. The molecule has 1 aliphatic carbocycles. The first kappa shape index (κ1) is 15.2. The molecule has 2 aliphatic rings. The monoisotopic (exact) mass is 291 g/mol. The Morgan fingerprint density at radius 1 is 1.26 bits per heavy atom. The fourth-order valence-electron chi connectivity index (χ4n) is 2.92. The maximum Gasteiger partial charge on any atom is 0.211 e. The summed E-state index contributed by atoms with van der Waals surface area (Å²) in [4.78, 5) is 2.26. The van der Waals surface area contributed by atoms with Gasteiger partial charge in [-0.15, -0.1) is 0 Å². The summed E-state index contributed by atoms with van der Waals surface area (Å²) >= 11 is 0. The van der Waals surface area contributed by atoms with E-state index in [1.54, 1.807) is 0 Å². The minimum absolute atomic E-state index is 0.139. The molecule has 19 heavy (non-hydrogen) atoms. The van der Waals surface area contributed by atoms with Crippen molar-refractivity contribution in [3.05, 3.63) is 0 Å². The van der Waals surface area contributed by atoms with E-state index in [4.69, 9.17) is 0 Å². The van der Waals surface area contributed by atoms with Crippen LogP contribution in [0.25, 0.3) is 0 Å². The number of hydrogen-bond donors (Lipinski definition) is 2. The zero-order valence-corrected chi connectivity index (χ0v) is 12.6. The van der Waals surface area contributed by atoms with Gasteiger partial charge in [-0.2, -0.15) is 4.31 Å². The van der Waals surface area contributed by atoms with Crippen LogP contribution >= 0.6 is 0 Å². The van der Waals surface area contributed by atoms with Gasteiger partial charge in [0.25, 0.3) is 0 Å². The molecule has 2 fully saturated rings. The SMILES string of the molecule is CNC(CO)(CN1CCN(S(C)(=O)=O)CC1)C1CC1. The molecule has 112 valence electrons.